The lowest BCUT2D eigenvalue weighted by Gasteiger charge is -2.55. The van der Waals surface area contributed by atoms with Crippen molar-refractivity contribution in [2.75, 3.05) is 13.2 Å². The molecule has 4 rings (SSSR count). The van der Waals surface area contributed by atoms with Crippen LogP contribution in [-0.4, -0.2) is 46.2 Å². The van der Waals surface area contributed by atoms with Gasteiger partial charge in [0.2, 0.25) is 0 Å². The Bertz CT molecular complexity index is 602. The number of aromatic nitrogens is 2. The number of hydrogen-bond acceptors (Lipinski definition) is 4. The van der Waals surface area contributed by atoms with E-state index in [1.165, 1.54) is 0 Å². The van der Waals surface area contributed by atoms with Crippen LogP contribution < -0.4 is 5.32 Å². The molecule has 0 unspecified atom stereocenters. The summed E-state index contributed by atoms with van der Waals surface area (Å²) >= 11 is 0. The van der Waals surface area contributed by atoms with E-state index in [4.69, 9.17) is 4.74 Å². The zero-order valence-electron chi connectivity index (χ0n) is 13.6. The lowest BCUT2D eigenvalue weighted by atomic mass is 9.58. The number of nitrogens with zero attached hydrogens (tertiary/aromatic N) is 2. The molecule has 1 aromatic rings. The van der Waals surface area contributed by atoms with Gasteiger partial charge in [0.1, 0.15) is 0 Å². The molecule has 6 heteroatoms. The molecule has 1 amide bonds. The van der Waals surface area contributed by atoms with E-state index in [1.807, 2.05) is 17.8 Å². The van der Waals surface area contributed by atoms with E-state index in [2.05, 4.69) is 10.4 Å². The third-order valence-electron chi connectivity index (χ3n) is 5.87. The van der Waals surface area contributed by atoms with Gasteiger partial charge in [-0.15, -0.1) is 0 Å². The number of ether oxygens (including phenoxy) is 1. The van der Waals surface area contributed by atoms with E-state index >= 15 is 0 Å². The Hall–Kier alpha value is -1.40. The van der Waals surface area contributed by atoms with Crippen molar-refractivity contribution in [3.05, 3.63) is 17.5 Å². The van der Waals surface area contributed by atoms with Gasteiger partial charge in [-0.3, -0.25) is 9.48 Å². The molecule has 1 saturated heterocycles. The maximum atomic E-state index is 12.8. The van der Waals surface area contributed by atoms with Crippen LogP contribution in [-0.2, 0) is 11.3 Å². The molecule has 2 heterocycles. The maximum absolute atomic E-state index is 12.8. The van der Waals surface area contributed by atoms with Gasteiger partial charge in [-0.2, -0.15) is 5.10 Å². The third kappa shape index (κ3) is 2.48. The molecule has 6 nitrogen and oxygen atoms in total. The highest BCUT2D eigenvalue weighted by Gasteiger charge is 2.55. The molecule has 1 aliphatic heterocycles. The average Bonchev–Trinajstić information content (AvgIpc) is 3.34. The van der Waals surface area contributed by atoms with Gasteiger partial charge >= 0.3 is 0 Å². The van der Waals surface area contributed by atoms with Gasteiger partial charge in [-0.25, -0.2) is 0 Å². The Morgan fingerprint density at radius 1 is 1.48 bits per heavy atom. The Labute approximate surface area is 136 Å². The van der Waals surface area contributed by atoms with Crippen LogP contribution in [0.25, 0.3) is 0 Å². The largest absolute Gasteiger partial charge is 0.392 e. The minimum Gasteiger partial charge on any atom is -0.392 e. The monoisotopic (exact) mass is 319 g/mol. The van der Waals surface area contributed by atoms with Crippen LogP contribution in [0, 0.1) is 5.41 Å². The summed E-state index contributed by atoms with van der Waals surface area (Å²) in [5.41, 5.74) is 1.48. The van der Waals surface area contributed by atoms with Gasteiger partial charge in [-0.05, 0) is 39.0 Å². The van der Waals surface area contributed by atoms with Gasteiger partial charge in [0.15, 0.2) is 0 Å². The molecular weight excluding hydrogens is 294 g/mol. The topological polar surface area (TPSA) is 76.4 Å². The van der Waals surface area contributed by atoms with E-state index in [1.54, 1.807) is 0 Å². The van der Waals surface area contributed by atoms with Gasteiger partial charge in [0.05, 0.1) is 17.4 Å². The summed E-state index contributed by atoms with van der Waals surface area (Å²) in [4.78, 5) is 12.8. The number of aliphatic hydroxyl groups is 1. The summed E-state index contributed by atoms with van der Waals surface area (Å²) < 4.78 is 7.28. The first-order valence-corrected chi connectivity index (χ1v) is 8.78. The van der Waals surface area contributed by atoms with Crippen molar-refractivity contribution in [1.29, 1.82) is 0 Å². The zero-order chi connectivity index (χ0) is 16.0. The summed E-state index contributed by atoms with van der Waals surface area (Å²) in [6.45, 7) is 4.15. The summed E-state index contributed by atoms with van der Waals surface area (Å²) in [6.07, 6.45) is 6.10. The fourth-order valence-corrected chi connectivity index (χ4v) is 4.07. The van der Waals surface area contributed by atoms with Crippen molar-refractivity contribution in [3.63, 3.8) is 0 Å². The molecule has 3 fully saturated rings. The molecule has 0 bridgehead atoms. The van der Waals surface area contributed by atoms with Crippen LogP contribution in [0.3, 0.4) is 0 Å². The van der Waals surface area contributed by atoms with E-state index in [0.29, 0.717) is 25.6 Å². The summed E-state index contributed by atoms with van der Waals surface area (Å²) in [5, 5.41) is 18.0. The fourth-order valence-electron chi connectivity index (χ4n) is 4.07. The lowest BCUT2D eigenvalue weighted by Crippen LogP contribution is -2.65. The highest BCUT2D eigenvalue weighted by Crippen LogP contribution is 2.49. The van der Waals surface area contributed by atoms with Crippen LogP contribution in [0.1, 0.15) is 61.0 Å². The van der Waals surface area contributed by atoms with Gasteiger partial charge in [0.25, 0.3) is 5.91 Å². The SMILES string of the molecule is CCn1cc(C(=O)N[C@@H]2C[C@@H](O)C23CCOCC3)c(C2CC2)n1. The third-order valence-corrected chi connectivity index (χ3v) is 5.87. The Kier molecular flexibility index (Phi) is 3.69. The van der Waals surface area contributed by atoms with Crippen molar-refractivity contribution < 1.29 is 14.6 Å². The molecule has 2 saturated carbocycles. The number of carbonyl (C=O) groups excluding carboxylic acids is 1. The molecule has 0 aromatic carbocycles. The summed E-state index contributed by atoms with van der Waals surface area (Å²) in [5.74, 6) is 0.418. The van der Waals surface area contributed by atoms with Crippen LogP contribution in [0.5, 0.6) is 0 Å². The molecule has 1 spiro atoms. The quantitative estimate of drug-likeness (QED) is 0.880. The standard InChI is InChI=1S/C17H25N3O3/c1-2-20-10-12(15(19-20)11-3-4-11)16(22)18-13-9-14(21)17(13)5-7-23-8-6-17/h10-11,13-14,21H,2-9H2,1H3,(H,18,22)/t13-,14-/m1/s1. The Balaban J connectivity index is 1.51. The van der Waals surface area contributed by atoms with Crippen LogP contribution in [0.15, 0.2) is 6.20 Å². The number of aryl methyl sites for hydroxylation is 1. The summed E-state index contributed by atoms with van der Waals surface area (Å²) in [6, 6.07) is 0.0472. The van der Waals surface area contributed by atoms with E-state index < -0.39 is 0 Å². The smallest absolute Gasteiger partial charge is 0.255 e. The van der Waals surface area contributed by atoms with E-state index in [9.17, 15) is 9.90 Å². The number of hydrogen-bond donors (Lipinski definition) is 2. The van der Waals surface area contributed by atoms with Crippen molar-refractivity contribution in [3.8, 4) is 0 Å². The predicted molar refractivity (Wildman–Crippen MR) is 84.2 cm³/mol. The van der Waals surface area contributed by atoms with Crippen LogP contribution in [0.2, 0.25) is 0 Å². The van der Waals surface area contributed by atoms with Crippen molar-refractivity contribution in [1.82, 2.24) is 15.1 Å². The first kappa shape index (κ1) is 15.1. The second kappa shape index (κ2) is 5.60. The first-order chi connectivity index (χ1) is 11.1. The molecule has 2 N–H and O–H groups in total. The van der Waals surface area contributed by atoms with E-state index in [-0.39, 0.29) is 23.5 Å². The number of carbonyl (C=O) groups is 1. The van der Waals surface area contributed by atoms with Crippen molar-refractivity contribution >= 4 is 5.91 Å². The van der Waals surface area contributed by atoms with E-state index in [0.717, 1.165) is 43.5 Å². The first-order valence-electron chi connectivity index (χ1n) is 8.78. The lowest BCUT2D eigenvalue weighted by molar-refractivity contribution is -0.145. The highest BCUT2D eigenvalue weighted by molar-refractivity contribution is 5.95. The second-order valence-electron chi connectivity index (χ2n) is 7.18. The minimum absolute atomic E-state index is 0.0330. The number of rotatable bonds is 4. The number of nitrogens with one attached hydrogen (secondary N) is 1. The normalized spacial score (nSPS) is 29.3. The highest BCUT2D eigenvalue weighted by atomic mass is 16.5. The van der Waals surface area contributed by atoms with Crippen molar-refractivity contribution in [2.45, 2.75) is 63.6 Å². The minimum atomic E-state index is -0.321. The molecule has 2 aliphatic carbocycles. The Morgan fingerprint density at radius 2 is 2.22 bits per heavy atom. The predicted octanol–water partition coefficient (Wildman–Crippen LogP) is 1.44. The molecule has 23 heavy (non-hydrogen) atoms. The van der Waals surface area contributed by atoms with Gasteiger partial charge in [-0.1, -0.05) is 0 Å². The fraction of sp³-hybridized carbons (Fsp3) is 0.765. The molecule has 0 radical (unpaired) electrons. The maximum Gasteiger partial charge on any atom is 0.255 e. The zero-order valence-corrected chi connectivity index (χ0v) is 13.6. The Morgan fingerprint density at radius 3 is 2.83 bits per heavy atom. The summed E-state index contributed by atoms with van der Waals surface area (Å²) in [7, 11) is 0. The van der Waals surface area contributed by atoms with Crippen LogP contribution in [0.4, 0.5) is 0 Å². The molecule has 2 atom stereocenters. The van der Waals surface area contributed by atoms with Gasteiger partial charge < -0.3 is 15.2 Å². The molecular formula is C17H25N3O3. The van der Waals surface area contributed by atoms with Gasteiger partial charge in [0, 0.05) is 43.3 Å². The number of aliphatic hydroxyl groups excluding tert-OH is 1. The average molecular weight is 319 g/mol. The van der Waals surface area contributed by atoms with Crippen molar-refractivity contribution in [2.24, 2.45) is 5.41 Å². The van der Waals surface area contributed by atoms with Crippen LogP contribution >= 0.6 is 0 Å². The molecule has 1 aromatic heterocycles. The number of amides is 1. The molecule has 3 aliphatic rings. The second-order valence-corrected chi connectivity index (χ2v) is 7.18. The molecule has 126 valence electrons.